The smallest absolute Gasteiger partial charge is 0.269 e. The molecule has 7 nitrogen and oxygen atoms in total. The summed E-state index contributed by atoms with van der Waals surface area (Å²) in [7, 11) is -1.97. The van der Waals surface area contributed by atoms with E-state index >= 15 is 0 Å². The van der Waals surface area contributed by atoms with E-state index < -0.39 is 21.8 Å². The van der Waals surface area contributed by atoms with Crippen molar-refractivity contribution in [2.24, 2.45) is 0 Å². The van der Waals surface area contributed by atoms with Gasteiger partial charge in [-0.25, -0.2) is 8.42 Å². The molecule has 0 fully saturated rings. The number of sulfone groups is 1. The molecule has 1 N–H and O–H groups in total. The van der Waals surface area contributed by atoms with Crippen LogP contribution in [0.4, 0.5) is 5.69 Å². The summed E-state index contributed by atoms with van der Waals surface area (Å²) in [5, 5.41) is 2.67. The molecule has 0 spiro atoms. The zero-order chi connectivity index (χ0) is 18.7. The number of methoxy groups -OCH3 is 1. The minimum Gasteiger partial charge on any atom is -0.495 e. The summed E-state index contributed by atoms with van der Waals surface area (Å²) < 4.78 is 40.6. The van der Waals surface area contributed by atoms with Crippen molar-refractivity contribution in [1.82, 2.24) is 0 Å². The van der Waals surface area contributed by atoms with Crippen LogP contribution in [0.5, 0.6) is 17.2 Å². The highest BCUT2D eigenvalue weighted by atomic mass is 32.2. The van der Waals surface area contributed by atoms with Crippen LogP contribution in [0.2, 0.25) is 0 Å². The molecule has 2 aromatic carbocycles. The molecule has 0 unspecified atom stereocenters. The summed E-state index contributed by atoms with van der Waals surface area (Å²) in [6, 6.07) is 11.4. The van der Waals surface area contributed by atoms with Crippen molar-refractivity contribution in [2.75, 3.05) is 24.8 Å². The predicted octanol–water partition coefficient (Wildman–Crippen LogP) is 2.27. The van der Waals surface area contributed by atoms with Gasteiger partial charge in [-0.2, -0.15) is 0 Å². The third-order valence-electron chi connectivity index (χ3n) is 3.97. The molecule has 8 heteroatoms. The Kier molecular flexibility index (Phi) is 5.03. The Morgan fingerprint density at radius 2 is 1.96 bits per heavy atom. The highest BCUT2D eigenvalue weighted by Crippen LogP contribution is 2.32. The van der Waals surface area contributed by atoms with E-state index in [1.807, 2.05) is 6.07 Å². The molecule has 2 aromatic rings. The van der Waals surface area contributed by atoms with E-state index in [2.05, 4.69) is 5.32 Å². The van der Waals surface area contributed by atoms with Crippen LogP contribution in [0, 0.1) is 0 Å². The van der Waals surface area contributed by atoms with Gasteiger partial charge < -0.3 is 19.5 Å². The molecule has 0 saturated carbocycles. The van der Waals surface area contributed by atoms with Gasteiger partial charge in [-0.1, -0.05) is 19.1 Å². The molecule has 3 rings (SSSR count). The standard InChI is InChI=1S/C18H19NO6S/c1-3-26(21,22)12-8-9-14(23-2)13(10-12)19-18(20)17-11-24-15-6-4-5-7-16(15)25-17/h4-10,17H,3,11H2,1-2H3,(H,19,20)/t17-/m1/s1. The first-order valence-electron chi connectivity index (χ1n) is 8.04. The molecule has 0 aromatic heterocycles. The number of hydrogen-bond acceptors (Lipinski definition) is 6. The molecule has 0 radical (unpaired) electrons. The molecule has 0 saturated heterocycles. The summed E-state index contributed by atoms with van der Waals surface area (Å²) in [6.45, 7) is 1.61. The number of hydrogen-bond donors (Lipinski definition) is 1. The van der Waals surface area contributed by atoms with Crippen molar-refractivity contribution >= 4 is 21.4 Å². The van der Waals surface area contributed by atoms with Crippen LogP contribution >= 0.6 is 0 Å². The fraction of sp³-hybridized carbons (Fsp3) is 0.278. The van der Waals surface area contributed by atoms with E-state index in [-0.39, 0.29) is 22.9 Å². The van der Waals surface area contributed by atoms with Gasteiger partial charge in [0.1, 0.15) is 12.4 Å². The van der Waals surface area contributed by atoms with Crippen molar-refractivity contribution in [2.45, 2.75) is 17.9 Å². The van der Waals surface area contributed by atoms with Gasteiger partial charge in [0.15, 0.2) is 21.3 Å². The van der Waals surface area contributed by atoms with Gasteiger partial charge in [0.05, 0.1) is 23.4 Å². The molecule has 1 atom stereocenters. The largest absolute Gasteiger partial charge is 0.495 e. The van der Waals surface area contributed by atoms with Crippen LogP contribution in [0.25, 0.3) is 0 Å². The topological polar surface area (TPSA) is 90.9 Å². The molecule has 1 amide bonds. The summed E-state index contributed by atoms with van der Waals surface area (Å²) in [5.41, 5.74) is 0.259. The Hall–Kier alpha value is -2.74. The molecule has 0 bridgehead atoms. The third-order valence-corrected chi connectivity index (χ3v) is 5.70. The van der Waals surface area contributed by atoms with Gasteiger partial charge in [-0.15, -0.1) is 0 Å². The number of ether oxygens (including phenoxy) is 3. The van der Waals surface area contributed by atoms with Gasteiger partial charge in [0, 0.05) is 0 Å². The first kappa shape index (κ1) is 18.1. The maximum atomic E-state index is 12.6. The number of carbonyl (C=O) groups excluding carboxylic acids is 1. The van der Waals surface area contributed by atoms with Crippen molar-refractivity contribution in [3.63, 3.8) is 0 Å². The Labute approximate surface area is 151 Å². The Morgan fingerprint density at radius 3 is 2.65 bits per heavy atom. The number of anilines is 1. The first-order chi connectivity index (χ1) is 12.4. The summed E-state index contributed by atoms with van der Waals surface area (Å²) in [6.07, 6.45) is -0.860. The van der Waals surface area contributed by atoms with Gasteiger partial charge in [0.25, 0.3) is 5.91 Å². The second kappa shape index (κ2) is 7.25. The second-order valence-electron chi connectivity index (χ2n) is 5.62. The molecule has 0 aliphatic carbocycles. The maximum absolute atomic E-state index is 12.6. The zero-order valence-corrected chi connectivity index (χ0v) is 15.2. The fourth-order valence-electron chi connectivity index (χ4n) is 2.51. The average Bonchev–Trinajstić information content (AvgIpc) is 2.67. The molecular weight excluding hydrogens is 358 g/mol. The van der Waals surface area contributed by atoms with Crippen LogP contribution in [0.3, 0.4) is 0 Å². The first-order valence-corrected chi connectivity index (χ1v) is 9.70. The van der Waals surface area contributed by atoms with E-state index in [0.717, 1.165) is 0 Å². The van der Waals surface area contributed by atoms with Crippen LogP contribution in [-0.2, 0) is 14.6 Å². The Bertz CT molecular complexity index is 925. The lowest BCUT2D eigenvalue weighted by atomic mass is 10.2. The summed E-state index contributed by atoms with van der Waals surface area (Å²) >= 11 is 0. The van der Waals surface area contributed by atoms with Gasteiger partial charge >= 0.3 is 0 Å². The lowest BCUT2D eigenvalue weighted by Gasteiger charge is -2.25. The van der Waals surface area contributed by atoms with Crippen LogP contribution in [-0.4, -0.2) is 39.9 Å². The number of fused-ring (bicyclic) bond motifs is 1. The average molecular weight is 377 g/mol. The van der Waals surface area contributed by atoms with Crippen molar-refractivity contribution in [3.8, 4) is 17.2 Å². The number of carbonyl (C=O) groups is 1. The van der Waals surface area contributed by atoms with Crippen LogP contribution < -0.4 is 19.5 Å². The minimum atomic E-state index is -3.41. The lowest BCUT2D eigenvalue weighted by molar-refractivity contribution is -0.125. The van der Waals surface area contributed by atoms with E-state index in [1.165, 1.54) is 25.3 Å². The highest BCUT2D eigenvalue weighted by molar-refractivity contribution is 7.91. The molecule has 1 heterocycles. The van der Waals surface area contributed by atoms with E-state index in [1.54, 1.807) is 25.1 Å². The van der Waals surface area contributed by atoms with Crippen LogP contribution in [0.1, 0.15) is 6.92 Å². The predicted molar refractivity (Wildman–Crippen MR) is 95.7 cm³/mol. The SMILES string of the molecule is CCS(=O)(=O)c1ccc(OC)c(NC(=O)[C@H]2COc3ccccc3O2)c1. The third kappa shape index (κ3) is 3.60. The number of para-hydroxylation sites is 2. The van der Waals surface area contributed by atoms with Crippen molar-refractivity contribution in [1.29, 1.82) is 0 Å². The van der Waals surface area contributed by atoms with Crippen molar-refractivity contribution in [3.05, 3.63) is 42.5 Å². The molecule has 26 heavy (non-hydrogen) atoms. The Morgan fingerprint density at radius 1 is 1.23 bits per heavy atom. The highest BCUT2D eigenvalue weighted by Gasteiger charge is 2.28. The molecule has 138 valence electrons. The second-order valence-corrected chi connectivity index (χ2v) is 7.90. The summed E-state index contributed by atoms with van der Waals surface area (Å²) in [4.78, 5) is 12.7. The quantitative estimate of drug-likeness (QED) is 0.860. The zero-order valence-electron chi connectivity index (χ0n) is 14.4. The number of nitrogens with one attached hydrogen (secondary N) is 1. The van der Waals surface area contributed by atoms with E-state index in [9.17, 15) is 13.2 Å². The number of amides is 1. The maximum Gasteiger partial charge on any atom is 0.269 e. The normalized spacial score (nSPS) is 16.0. The molecule has 1 aliphatic rings. The minimum absolute atomic E-state index is 0.0386. The van der Waals surface area contributed by atoms with Gasteiger partial charge in [-0.3, -0.25) is 4.79 Å². The lowest BCUT2D eigenvalue weighted by Crippen LogP contribution is -2.40. The summed E-state index contributed by atoms with van der Waals surface area (Å²) in [5.74, 6) is 0.913. The molecule has 1 aliphatic heterocycles. The molecular formula is C18H19NO6S. The van der Waals surface area contributed by atoms with Crippen molar-refractivity contribution < 1.29 is 27.4 Å². The van der Waals surface area contributed by atoms with Crippen LogP contribution in [0.15, 0.2) is 47.4 Å². The van der Waals surface area contributed by atoms with E-state index in [0.29, 0.717) is 17.2 Å². The van der Waals surface area contributed by atoms with E-state index in [4.69, 9.17) is 14.2 Å². The number of rotatable bonds is 5. The van der Waals surface area contributed by atoms with Gasteiger partial charge in [-0.05, 0) is 30.3 Å². The monoisotopic (exact) mass is 377 g/mol. The fourth-order valence-corrected chi connectivity index (χ4v) is 3.41. The van der Waals surface area contributed by atoms with Gasteiger partial charge in [0.2, 0.25) is 6.10 Å². The Balaban J connectivity index is 1.82. The number of benzene rings is 2.